The first-order valence-electron chi connectivity index (χ1n) is 6.91. The van der Waals surface area contributed by atoms with Crippen LogP contribution in [0.15, 0.2) is 45.3 Å². The minimum Gasteiger partial charge on any atom is -0.456 e. The molecule has 1 unspecified atom stereocenters. The van der Waals surface area contributed by atoms with E-state index in [1.54, 1.807) is 0 Å². The zero-order valence-corrected chi connectivity index (χ0v) is 15.5. The number of rotatable bonds is 4. The van der Waals surface area contributed by atoms with E-state index < -0.39 is 0 Å². The van der Waals surface area contributed by atoms with Crippen LogP contribution in [0.25, 0.3) is 0 Å². The maximum atomic E-state index is 6.08. The van der Waals surface area contributed by atoms with Crippen molar-refractivity contribution in [1.82, 2.24) is 0 Å². The second-order valence-corrected chi connectivity index (χ2v) is 7.19. The Balaban J connectivity index is 2.34. The molecule has 0 aliphatic rings. The average Bonchev–Trinajstić information content (AvgIpc) is 2.42. The van der Waals surface area contributed by atoms with E-state index in [0.29, 0.717) is 5.92 Å². The van der Waals surface area contributed by atoms with Crippen LogP contribution in [0.1, 0.15) is 43.9 Å². The van der Waals surface area contributed by atoms with Crippen molar-refractivity contribution in [2.75, 3.05) is 0 Å². The first-order chi connectivity index (χ1) is 9.88. The van der Waals surface area contributed by atoms with Crippen LogP contribution < -0.4 is 10.5 Å². The second kappa shape index (κ2) is 6.95. The summed E-state index contributed by atoms with van der Waals surface area (Å²) in [7, 11) is 0. The molecule has 21 heavy (non-hydrogen) atoms. The van der Waals surface area contributed by atoms with Crippen molar-refractivity contribution < 1.29 is 4.74 Å². The molecule has 2 rings (SSSR count). The van der Waals surface area contributed by atoms with Gasteiger partial charge in [0.1, 0.15) is 11.5 Å². The van der Waals surface area contributed by atoms with E-state index in [2.05, 4.69) is 51.8 Å². The van der Waals surface area contributed by atoms with Gasteiger partial charge in [0.2, 0.25) is 0 Å². The highest BCUT2D eigenvalue weighted by molar-refractivity contribution is 9.10. The number of hydrogen-bond donors (Lipinski definition) is 1. The van der Waals surface area contributed by atoms with Crippen LogP contribution in [0, 0.1) is 0 Å². The van der Waals surface area contributed by atoms with Gasteiger partial charge < -0.3 is 10.5 Å². The molecule has 0 bridgehead atoms. The van der Waals surface area contributed by atoms with E-state index in [-0.39, 0.29) is 6.04 Å². The average molecular weight is 413 g/mol. The topological polar surface area (TPSA) is 35.2 Å². The van der Waals surface area contributed by atoms with Gasteiger partial charge in [0.05, 0.1) is 4.47 Å². The highest BCUT2D eigenvalue weighted by Gasteiger charge is 2.12. The number of halogens is 2. The van der Waals surface area contributed by atoms with Crippen LogP contribution >= 0.6 is 31.9 Å². The van der Waals surface area contributed by atoms with Crippen LogP contribution in [-0.2, 0) is 0 Å². The minimum absolute atomic E-state index is 0.00857. The Morgan fingerprint density at radius 3 is 2.19 bits per heavy atom. The molecule has 0 heterocycles. The molecule has 2 aromatic rings. The van der Waals surface area contributed by atoms with Gasteiger partial charge in [-0.1, -0.05) is 35.8 Å². The second-order valence-electron chi connectivity index (χ2n) is 5.42. The predicted octanol–water partition coefficient (Wildman–Crippen LogP) is 6.15. The monoisotopic (exact) mass is 411 g/mol. The molecule has 0 spiro atoms. The molecule has 2 aromatic carbocycles. The van der Waals surface area contributed by atoms with Gasteiger partial charge in [-0.15, -0.1) is 0 Å². The van der Waals surface area contributed by atoms with Crippen molar-refractivity contribution in [2.24, 2.45) is 5.73 Å². The largest absolute Gasteiger partial charge is 0.456 e. The molecule has 0 aliphatic heterocycles. The van der Waals surface area contributed by atoms with Gasteiger partial charge in [-0.3, -0.25) is 0 Å². The lowest BCUT2D eigenvalue weighted by Crippen LogP contribution is -2.04. The number of ether oxygens (including phenoxy) is 1. The van der Waals surface area contributed by atoms with Gasteiger partial charge in [-0.05, 0) is 70.2 Å². The van der Waals surface area contributed by atoms with E-state index >= 15 is 0 Å². The number of hydrogen-bond acceptors (Lipinski definition) is 2. The van der Waals surface area contributed by atoms with E-state index in [0.717, 1.165) is 26.0 Å². The maximum absolute atomic E-state index is 6.08. The highest BCUT2D eigenvalue weighted by Crippen LogP contribution is 2.36. The molecular formula is C17H19Br2NO. The Bertz CT molecular complexity index is 639. The molecule has 0 saturated heterocycles. The smallest absolute Gasteiger partial charge is 0.141 e. The van der Waals surface area contributed by atoms with Gasteiger partial charge in [0.25, 0.3) is 0 Å². The first kappa shape index (κ1) is 16.5. The summed E-state index contributed by atoms with van der Waals surface area (Å²) < 4.78 is 8.05. The van der Waals surface area contributed by atoms with Crippen LogP contribution in [0.2, 0.25) is 0 Å². The third kappa shape index (κ3) is 4.09. The third-order valence-corrected chi connectivity index (χ3v) is 4.41. The fourth-order valence-corrected chi connectivity index (χ4v) is 2.92. The molecule has 112 valence electrons. The summed E-state index contributed by atoms with van der Waals surface area (Å²) in [5.41, 5.74) is 8.15. The summed E-state index contributed by atoms with van der Waals surface area (Å²) in [6.07, 6.45) is 0. The Labute approximate surface area is 143 Å². The molecule has 0 aliphatic carbocycles. The van der Waals surface area contributed by atoms with Crippen molar-refractivity contribution in [2.45, 2.75) is 32.7 Å². The first-order valence-corrected chi connectivity index (χ1v) is 8.49. The van der Waals surface area contributed by atoms with Crippen LogP contribution in [0.4, 0.5) is 0 Å². The molecule has 0 aromatic heterocycles. The summed E-state index contributed by atoms with van der Waals surface area (Å²) >= 11 is 7.07. The highest BCUT2D eigenvalue weighted by atomic mass is 79.9. The van der Waals surface area contributed by atoms with E-state index in [1.165, 1.54) is 5.56 Å². The molecular weight excluding hydrogens is 394 g/mol. The van der Waals surface area contributed by atoms with E-state index in [4.69, 9.17) is 10.5 Å². The number of benzene rings is 2. The molecule has 0 amide bonds. The van der Waals surface area contributed by atoms with Crippen molar-refractivity contribution in [3.8, 4) is 11.5 Å². The van der Waals surface area contributed by atoms with Crippen molar-refractivity contribution >= 4 is 31.9 Å². The normalized spacial score (nSPS) is 12.5. The van der Waals surface area contributed by atoms with Crippen molar-refractivity contribution in [3.05, 3.63) is 56.5 Å². The molecule has 0 radical (unpaired) electrons. The van der Waals surface area contributed by atoms with Gasteiger partial charge in [0, 0.05) is 10.5 Å². The quantitative estimate of drug-likeness (QED) is 0.653. The van der Waals surface area contributed by atoms with E-state index in [9.17, 15) is 0 Å². The Kier molecular flexibility index (Phi) is 5.47. The molecule has 2 N–H and O–H groups in total. The molecule has 1 atom stereocenters. The maximum Gasteiger partial charge on any atom is 0.141 e. The van der Waals surface area contributed by atoms with Gasteiger partial charge >= 0.3 is 0 Å². The summed E-state index contributed by atoms with van der Waals surface area (Å²) in [5.74, 6) is 2.06. The fourth-order valence-electron chi connectivity index (χ4n) is 2.06. The van der Waals surface area contributed by atoms with Gasteiger partial charge in [-0.2, -0.15) is 0 Å². The zero-order chi connectivity index (χ0) is 15.6. The lowest BCUT2D eigenvalue weighted by atomic mass is 10.0. The van der Waals surface area contributed by atoms with Crippen LogP contribution in [-0.4, -0.2) is 0 Å². The summed E-state index contributed by atoms with van der Waals surface area (Å²) in [6, 6.07) is 12.1. The molecule has 2 nitrogen and oxygen atoms in total. The van der Waals surface area contributed by atoms with Gasteiger partial charge in [0.15, 0.2) is 0 Å². The van der Waals surface area contributed by atoms with Crippen molar-refractivity contribution in [3.63, 3.8) is 0 Å². The lowest BCUT2D eigenvalue weighted by Gasteiger charge is -2.16. The summed E-state index contributed by atoms with van der Waals surface area (Å²) in [4.78, 5) is 0. The van der Waals surface area contributed by atoms with Crippen LogP contribution in [0.3, 0.4) is 0 Å². The summed E-state index contributed by atoms with van der Waals surface area (Å²) in [6.45, 7) is 6.28. The Morgan fingerprint density at radius 1 is 0.952 bits per heavy atom. The fraction of sp³-hybridized carbons (Fsp3) is 0.294. The van der Waals surface area contributed by atoms with E-state index in [1.807, 2.05) is 37.3 Å². The standard InChI is InChI=1S/C17H19Br2NO/c1-10(2)14-9-13(18)5-7-16(14)21-17-6-4-12(11(3)20)8-15(17)19/h4-11H,20H2,1-3H3. The number of nitrogens with two attached hydrogens (primary N) is 1. The lowest BCUT2D eigenvalue weighted by molar-refractivity contribution is 0.469. The third-order valence-electron chi connectivity index (χ3n) is 3.30. The molecule has 0 fully saturated rings. The zero-order valence-electron chi connectivity index (χ0n) is 12.4. The van der Waals surface area contributed by atoms with Crippen molar-refractivity contribution in [1.29, 1.82) is 0 Å². The predicted molar refractivity (Wildman–Crippen MR) is 95.0 cm³/mol. The SMILES string of the molecule is CC(C)c1cc(Br)ccc1Oc1ccc(C(C)N)cc1Br. The summed E-state index contributed by atoms with van der Waals surface area (Å²) in [5, 5.41) is 0. The minimum atomic E-state index is 0.00857. The van der Waals surface area contributed by atoms with Crippen LogP contribution in [0.5, 0.6) is 11.5 Å². The molecule has 0 saturated carbocycles. The Hall–Kier alpha value is -0.840. The Morgan fingerprint density at radius 2 is 1.62 bits per heavy atom. The van der Waals surface area contributed by atoms with Gasteiger partial charge in [-0.25, -0.2) is 0 Å². The molecule has 4 heteroatoms.